The average molecular weight is 391 g/mol. The second-order valence-electron chi connectivity index (χ2n) is 5.93. The van der Waals surface area contributed by atoms with Crippen molar-refractivity contribution in [3.8, 4) is 11.8 Å². The van der Waals surface area contributed by atoms with Gasteiger partial charge in [0.25, 0.3) is 5.69 Å². The Morgan fingerprint density at radius 1 is 1.11 bits per heavy atom. The third-order valence-electron chi connectivity index (χ3n) is 4.00. The van der Waals surface area contributed by atoms with Gasteiger partial charge in [0, 0.05) is 22.7 Å². The Morgan fingerprint density at radius 2 is 1.86 bits per heavy atom. The summed E-state index contributed by atoms with van der Waals surface area (Å²) in [6.07, 6.45) is 1.76. The maximum Gasteiger partial charge on any atom is 0.269 e. The van der Waals surface area contributed by atoms with Crippen LogP contribution < -0.4 is 4.74 Å². The molecule has 0 saturated heterocycles. The number of nitrogens with zero attached hydrogens (tertiary/aromatic N) is 2. The molecule has 3 rings (SSSR count). The van der Waals surface area contributed by atoms with Crippen LogP contribution in [-0.4, -0.2) is 4.92 Å². The van der Waals surface area contributed by atoms with E-state index in [2.05, 4.69) is 6.07 Å². The number of rotatable bonds is 6. The molecule has 6 heteroatoms. The Kier molecular flexibility index (Phi) is 6.05. The van der Waals surface area contributed by atoms with Gasteiger partial charge in [0.2, 0.25) is 0 Å². The summed E-state index contributed by atoms with van der Waals surface area (Å²) in [6.45, 7) is 0.222. The van der Waals surface area contributed by atoms with Gasteiger partial charge in [-0.3, -0.25) is 10.1 Å². The predicted octanol–water partition coefficient (Wildman–Crippen LogP) is 5.89. The van der Waals surface area contributed by atoms with E-state index in [4.69, 9.17) is 16.3 Å². The fourth-order valence-electron chi connectivity index (χ4n) is 2.60. The highest BCUT2D eigenvalue weighted by Gasteiger charge is 2.07. The molecular weight excluding hydrogens is 376 g/mol. The van der Waals surface area contributed by atoms with Crippen LogP contribution in [0, 0.1) is 21.4 Å². The Bertz CT molecular complexity index is 1070. The summed E-state index contributed by atoms with van der Waals surface area (Å²) < 4.78 is 5.69. The highest BCUT2D eigenvalue weighted by Crippen LogP contribution is 2.26. The van der Waals surface area contributed by atoms with Crippen LogP contribution in [0.2, 0.25) is 5.02 Å². The molecule has 3 aromatic carbocycles. The van der Waals surface area contributed by atoms with Gasteiger partial charge in [-0.2, -0.15) is 5.26 Å². The SMILES string of the molecule is N#CC(=Cc1ccc(OCc2cccc([N+](=O)[O-])c2)cc1)c1ccccc1Cl. The normalized spacial score (nSPS) is 10.9. The van der Waals surface area contributed by atoms with E-state index < -0.39 is 4.92 Å². The van der Waals surface area contributed by atoms with Crippen molar-refractivity contribution in [3.63, 3.8) is 0 Å². The molecule has 0 bridgehead atoms. The van der Waals surface area contributed by atoms with Crippen LogP contribution in [-0.2, 0) is 6.61 Å². The van der Waals surface area contributed by atoms with E-state index in [-0.39, 0.29) is 12.3 Å². The molecule has 0 aliphatic carbocycles. The molecule has 28 heavy (non-hydrogen) atoms. The number of hydrogen-bond donors (Lipinski definition) is 0. The zero-order chi connectivity index (χ0) is 19.9. The molecule has 0 spiro atoms. The number of allylic oxidation sites excluding steroid dienone is 1. The van der Waals surface area contributed by atoms with Crippen molar-refractivity contribution in [1.29, 1.82) is 5.26 Å². The lowest BCUT2D eigenvalue weighted by Gasteiger charge is -2.07. The Hall–Kier alpha value is -3.62. The second kappa shape index (κ2) is 8.85. The lowest BCUT2D eigenvalue weighted by atomic mass is 10.0. The van der Waals surface area contributed by atoms with Crippen molar-refractivity contribution in [3.05, 3.63) is 105 Å². The first-order chi connectivity index (χ1) is 13.6. The number of nitriles is 1. The monoisotopic (exact) mass is 390 g/mol. The van der Waals surface area contributed by atoms with Gasteiger partial charge in [0.05, 0.1) is 16.6 Å². The minimum Gasteiger partial charge on any atom is -0.489 e. The van der Waals surface area contributed by atoms with Crippen LogP contribution >= 0.6 is 11.6 Å². The number of nitro groups is 1. The number of hydrogen-bond acceptors (Lipinski definition) is 4. The molecule has 0 fully saturated rings. The summed E-state index contributed by atoms with van der Waals surface area (Å²) in [5.41, 5.74) is 2.72. The third-order valence-corrected chi connectivity index (χ3v) is 4.33. The van der Waals surface area contributed by atoms with E-state index >= 15 is 0 Å². The molecule has 0 unspecified atom stereocenters. The quantitative estimate of drug-likeness (QED) is 0.227. The molecule has 0 saturated carbocycles. The van der Waals surface area contributed by atoms with E-state index in [0.717, 1.165) is 5.56 Å². The highest BCUT2D eigenvalue weighted by atomic mass is 35.5. The molecule has 0 radical (unpaired) electrons. The third kappa shape index (κ3) is 4.76. The first-order valence-corrected chi connectivity index (χ1v) is 8.77. The summed E-state index contributed by atoms with van der Waals surface area (Å²) in [4.78, 5) is 10.4. The van der Waals surface area contributed by atoms with Crippen molar-refractivity contribution in [1.82, 2.24) is 0 Å². The molecule has 0 atom stereocenters. The fraction of sp³-hybridized carbons (Fsp3) is 0.0455. The van der Waals surface area contributed by atoms with Gasteiger partial charge in [-0.25, -0.2) is 0 Å². The number of non-ortho nitro benzene ring substituents is 1. The fourth-order valence-corrected chi connectivity index (χ4v) is 2.84. The Labute approximate surface area is 167 Å². The predicted molar refractivity (Wildman–Crippen MR) is 109 cm³/mol. The first-order valence-electron chi connectivity index (χ1n) is 8.40. The van der Waals surface area contributed by atoms with E-state index in [9.17, 15) is 15.4 Å². The summed E-state index contributed by atoms with van der Waals surface area (Å²) in [5.74, 6) is 0.625. The molecule has 0 aliphatic rings. The van der Waals surface area contributed by atoms with Gasteiger partial charge in [-0.15, -0.1) is 0 Å². The van der Waals surface area contributed by atoms with Crippen LogP contribution in [0.3, 0.4) is 0 Å². The number of ether oxygens (including phenoxy) is 1. The minimum absolute atomic E-state index is 0.0326. The summed E-state index contributed by atoms with van der Waals surface area (Å²) in [6, 6.07) is 22.9. The van der Waals surface area contributed by atoms with Gasteiger partial charge in [-0.05, 0) is 35.4 Å². The van der Waals surface area contributed by atoms with Crippen LogP contribution in [0.25, 0.3) is 11.6 Å². The molecule has 0 aliphatic heterocycles. The van der Waals surface area contributed by atoms with Crippen LogP contribution in [0.1, 0.15) is 16.7 Å². The average Bonchev–Trinajstić information content (AvgIpc) is 2.72. The van der Waals surface area contributed by atoms with E-state index in [1.807, 2.05) is 24.3 Å². The molecule has 138 valence electrons. The first kappa shape index (κ1) is 19.2. The number of benzene rings is 3. The summed E-state index contributed by atoms with van der Waals surface area (Å²) in [7, 11) is 0. The van der Waals surface area contributed by atoms with Crippen LogP contribution in [0.15, 0.2) is 72.8 Å². The molecule has 0 amide bonds. The van der Waals surface area contributed by atoms with Crippen molar-refractivity contribution in [2.75, 3.05) is 0 Å². The minimum atomic E-state index is -0.434. The molecule has 0 aromatic heterocycles. The van der Waals surface area contributed by atoms with Crippen molar-refractivity contribution < 1.29 is 9.66 Å². The zero-order valence-electron chi connectivity index (χ0n) is 14.7. The van der Waals surface area contributed by atoms with Gasteiger partial charge in [0.15, 0.2) is 0 Å². The molecule has 5 nitrogen and oxygen atoms in total. The maximum atomic E-state index is 10.8. The second-order valence-corrected chi connectivity index (χ2v) is 6.34. The smallest absolute Gasteiger partial charge is 0.269 e. The zero-order valence-corrected chi connectivity index (χ0v) is 15.5. The van der Waals surface area contributed by atoms with Crippen molar-refractivity contribution in [2.24, 2.45) is 0 Å². The number of nitro benzene ring substituents is 1. The Balaban J connectivity index is 1.71. The lowest BCUT2D eigenvalue weighted by molar-refractivity contribution is -0.384. The van der Waals surface area contributed by atoms with Crippen molar-refractivity contribution >= 4 is 28.9 Å². The molecule has 3 aromatic rings. The standard InChI is InChI=1S/C22H15ClN2O3/c23-22-7-2-1-6-21(22)18(14-24)12-16-8-10-20(11-9-16)28-15-17-4-3-5-19(13-17)25(26)27/h1-13H,15H2. The molecule has 0 N–H and O–H groups in total. The maximum absolute atomic E-state index is 10.8. The van der Waals surface area contributed by atoms with E-state index in [1.165, 1.54) is 12.1 Å². The van der Waals surface area contributed by atoms with E-state index in [0.29, 0.717) is 27.5 Å². The Morgan fingerprint density at radius 3 is 2.54 bits per heavy atom. The molecular formula is C22H15ClN2O3. The molecule has 0 heterocycles. The highest BCUT2D eigenvalue weighted by molar-refractivity contribution is 6.32. The van der Waals surface area contributed by atoms with Crippen LogP contribution in [0.5, 0.6) is 5.75 Å². The summed E-state index contributed by atoms with van der Waals surface area (Å²) >= 11 is 6.17. The lowest BCUT2D eigenvalue weighted by Crippen LogP contribution is -1.96. The number of halogens is 1. The van der Waals surface area contributed by atoms with Gasteiger partial charge < -0.3 is 4.74 Å². The topological polar surface area (TPSA) is 76.2 Å². The van der Waals surface area contributed by atoms with E-state index in [1.54, 1.807) is 42.5 Å². The van der Waals surface area contributed by atoms with Gasteiger partial charge in [0.1, 0.15) is 12.4 Å². The summed E-state index contributed by atoms with van der Waals surface area (Å²) in [5, 5.41) is 20.8. The largest absolute Gasteiger partial charge is 0.489 e. The van der Waals surface area contributed by atoms with Gasteiger partial charge >= 0.3 is 0 Å². The van der Waals surface area contributed by atoms with Gasteiger partial charge in [-0.1, -0.05) is 54.1 Å². The van der Waals surface area contributed by atoms with Crippen molar-refractivity contribution in [2.45, 2.75) is 6.61 Å². The van der Waals surface area contributed by atoms with Crippen LogP contribution in [0.4, 0.5) is 5.69 Å².